The largest absolute Gasteiger partial charge is 0.428 e. The van der Waals surface area contributed by atoms with E-state index in [4.69, 9.17) is 23.8 Å². The lowest BCUT2D eigenvalue weighted by Gasteiger charge is -2.40. The molecule has 1 aromatic heterocycles. The van der Waals surface area contributed by atoms with E-state index in [1.807, 2.05) is 38.1 Å². The number of amides is 2. The second kappa shape index (κ2) is 5.46. The summed E-state index contributed by atoms with van der Waals surface area (Å²) >= 11 is 11.2. The molecule has 0 saturated carbocycles. The summed E-state index contributed by atoms with van der Waals surface area (Å²) in [5.41, 5.74) is 1.65. The number of nitrogens with one attached hydrogen (secondary N) is 2. The summed E-state index contributed by atoms with van der Waals surface area (Å²) < 4.78 is 0.0944. The summed E-state index contributed by atoms with van der Waals surface area (Å²) in [6, 6.07) is 7.38. The van der Waals surface area contributed by atoms with Crippen LogP contribution in [-0.4, -0.2) is 27.0 Å². The van der Waals surface area contributed by atoms with E-state index in [1.165, 1.54) is 0 Å². The zero-order chi connectivity index (χ0) is 15.9. The first kappa shape index (κ1) is 15.1. The number of aromatic nitrogens is 2. The zero-order valence-corrected chi connectivity index (χ0v) is 13.8. The van der Waals surface area contributed by atoms with Crippen molar-refractivity contribution >= 4 is 40.7 Å². The smallest absolute Gasteiger partial charge is 0.299 e. The summed E-state index contributed by atoms with van der Waals surface area (Å²) in [7, 11) is 0. The minimum absolute atomic E-state index is 0.0120. The van der Waals surface area contributed by atoms with E-state index < -0.39 is 0 Å². The molecule has 2 N–H and O–H groups in total. The van der Waals surface area contributed by atoms with Crippen molar-refractivity contribution in [3.05, 3.63) is 46.9 Å². The molecule has 0 radical (unpaired) electrons. The van der Waals surface area contributed by atoms with Crippen molar-refractivity contribution in [2.45, 2.75) is 26.4 Å². The van der Waals surface area contributed by atoms with Gasteiger partial charge in [0, 0.05) is 10.6 Å². The highest BCUT2D eigenvalue weighted by molar-refractivity contribution is 7.80. The van der Waals surface area contributed by atoms with Gasteiger partial charge < -0.3 is 0 Å². The van der Waals surface area contributed by atoms with Gasteiger partial charge in [-0.2, -0.15) is 4.48 Å². The molecule has 1 unspecified atom stereocenters. The Morgan fingerprint density at radius 3 is 2.64 bits per heavy atom. The standard InChI is InChI=1S/C15H15ClN4OS/c1-9(2)20(7-10-3-5-11(16)6-4-10)13-12(17-8-18-13)14(22)19-15(20)21/h3-6,8-9H,7H2,1-2H3,(H-,17,18,19,21,22)/p+1. The number of rotatable bonds is 3. The van der Waals surface area contributed by atoms with Gasteiger partial charge in [-0.25, -0.2) is 9.78 Å². The number of H-pyrrole nitrogens is 1. The Balaban J connectivity index is 2.13. The van der Waals surface area contributed by atoms with Crippen LogP contribution in [0.2, 0.25) is 5.02 Å². The number of imidazole rings is 1. The lowest BCUT2D eigenvalue weighted by atomic mass is 10.1. The predicted octanol–water partition coefficient (Wildman–Crippen LogP) is 3.38. The number of aromatic amines is 1. The quantitative estimate of drug-likeness (QED) is 0.668. The Morgan fingerprint density at radius 1 is 1.32 bits per heavy atom. The lowest BCUT2D eigenvalue weighted by Crippen LogP contribution is -2.66. The number of fused-ring (bicyclic) bond motifs is 1. The van der Waals surface area contributed by atoms with Crippen LogP contribution in [0.3, 0.4) is 0 Å². The number of carbonyl (C=O) groups excluding carboxylic acids is 1. The molecule has 2 aromatic rings. The second-order valence-electron chi connectivity index (χ2n) is 5.61. The minimum atomic E-state index is -0.147. The summed E-state index contributed by atoms with van der Waals surface area (Å²) in [6.45, 7) is 4.52. The molecule has 7 heteroatoms. The molecule has 0 spiro atoms. The number of urea groups is 1. The van der Waals surface area contributed by atoms with Crippen molar-refractivity contribution in [3.8, 4) is 0 Å². The van der Waals surface area contributed by atoms with Crippen LogP contribution in [0.25, 0.3) is 0 Å². The van der Waals surface area contributed by atoms with Crippen LogP contribution in [0.4, 0.5) is 10.6 Å². The average molecular weight is 336 g/mol. The van der Waals surface area contributed by atoms with Crippen molar-refractivity contribution < 1.29 is 4.79 Å². The van der Waals surface area contributed by atoms with E-state index in [2.05, 4.69) is 15.3 Å². The first-order chi connectivity index (χ1) is 10.4. The van der Waals surface area contributed by atoms with E-state index in [-0.39, 0.29) is 16.6 Å². The van der Waals surface area contributed by atoms with Crippen LogP contribution in [0.5, 0.6) is 0 Å². The van der Waals surface area contributed by atoms with Gasteiger partial charge in [-0.05, 0) is 26.0 Å². The molecule has 114 valence electrons. The molecule has 1 aromatic carbocycles. The van der Waals surface area contributed by atoms with Gasteiger partial charge in [0.25, 0.3) is 0 Å². The van der Waals surface area contributed by atoms with Crippen LogP contribution in [-0.2, 0) is 6.54 Å². The normalized spacial score (nSPS) is 20.9. The van der Waals surface area contributed by atoms with Crippen LogP contribution < -0.4 is 9.80 Å². The molecule has 1 aliphatic heterocycles. The minimum Gasteiger partial charge on any atom is -0.299 e. The van der Waals surface area contributed by atoms with Crippen LogP contribution >= 0.6 is 23.8 Å². The molecule has 1 aliphatic rings. The maximum Gasteiger partial charge on any atom is 0.428 e. The van der Waals surface area contributed by atoms with Crippen molar-refractivity contribution in [2.24, 2.45) is 0 Å². The van der Waals surface area contributed by atoms with Crippen molar-refractivity contribution in [1.29, 1.82) is 0 Å². The fourth-order valence-electron chi connectivity index (χ4n) is 2.82. The molecule has 0 saturated heterocycles. The molecule has 22 heavy (non-hydrogen) atoms. The maximum absolute atomic E-state index is 12.8. The number of hydrogen-bond acceptors (Lipinski definition) is 3. The molecular weight excluding hydrogens is 320 g/mol. The van der Waals surface area contributed by atoms with Gasteiger partial charge in [0.05, 0.1) is 12.4 Å². The Hall–Kier alpha value is -1.76. The molecule has 2 heterocycles. The van der Waals surface area contributed by atoms with E-state index in [0.29, 0.717) is 22.2 Å². The van der Waals surface area contributed by atoms with E-state index in [0.717, 1.165) is 11.4 Å². The number of thiocarbonyl (C=S) groups is 1. The summed E-state index contributed by atoms with van der Waals surface area (Å²) in [5, 5.41) is 3.45. The predicted molar refractivity (Wildman–Crippen MR) is 90.9 cm³/mol. The number of hydrogen-bond donors (Lipinski definition) is 2. The van der Waals surface area contributed by atoms with Gasteiger partial charge in [-0.3, -0.25) is 10.3 Å². The summed E-state index contributed by atoms with van der Waals surface area (Å²) in [6.07, 6.45) is 1.58. The Kier molecular flexibility index (Phi) is 3.76. The number of carbonyl (C=O) groups is 1. The van der Waals surface area contributed by atoms with Crippen molar-refractivity contribution in [3.63, 3.8) is 0 Å². The molecule has 0 aliphatic carbocycles. The number of nitrogens with zero attached hydrogens (tertiary/aromatic N) is 2. The fraction of sp³-hybridized carbons (Fsp3) is 0.267. The molecule has 3 rings (SSSR count). The Labute approximate surface area is 138 Å². The highest BCUT2D eigenvalue weighted by Crippen LogP contribution is 2.34. The lowest BCUT2D eigenvalue weighted by molar-refractivity contribution is 0.181. The van der Waals surface area contributed by atoms with Gasteiger partial charge in [0.2, 0.25) is 5.82 Å². The van der Waals surface area contributed by atoms with Gasteiger partial charge >= 0.3 is 6.03 Å². The van der Waals surface area contributed by atoms with Gasteiger partial charge in [-0.15, -0.1) is 0 Å². The van der Waals surface area contributed by atoms with Crippen molar-refractivity contribution in [1.82, 2.24) is 19.8 Å². The summed E-state index contributed by atoms with van der Waals surface area (Å²) in [5.74, 6) is 0.735. The summed E-state index contributed by atoms with van der Waals surface area (Å²) in [4.78, 5) is 20.5. The maximum atomic E-state index is 12.8. The van der Waals surface area contributed by atoms with Crippen LogP contribution in [0.1, 0.15) is 25.1 Å². The molecule has 1 atom stereocenters. The third-order valence-electron chi connectivity index (χ3n) is 4.04. The molecular formula is C15H16ClN4OS+. The zero-order valence-electron chi connectivity index (χ0n) is 12.3. The Morgan fingerprint density at radius 2 is 2.00 bits per heavy atom. The van der Waals surface area contributed by atoms with Gasteiger partial charge in [-0.1, -0.05) is 36.0 Å². The number of quaternary nitrogens is 1. The number of halogens is 1. The topological polar surface area (TPSA) is 57.8 Å². The first-order valence-electron chi connectivity index (χ1n) is 6.97. The van der Waals surface area contributed by atoms with E-state index >= 15 is 0 Å². The van der Waals surface area contributed by atoms with E-state index in [9.17, 15) is 4.79 Å². The van der Waals surface area contributed by atoms with Gasteiger partial charge in [0.1, 0.15) is 11.5 Å². The van der Waals surface area contributed by atoms with Crippen molar-refractivity contribution in [2.75, 3.05) is 0 Å². The highest BCUT2D eigenvalue weighted by Gasteiger charge is 2.50. The second-order valence-corrected chi connectivity index (χ2v) is 6.45. The monoisotopic (exact) mass is 335 g/mol. The number of benzene rings is 1. The average Bonchev–Trinajstić information content (AvgIpc) is 2.95. The van der Waals surface area contributed by atoms with E-state index in [1.54, 1.807) is 6.33 Å². The first-order valence-corrected chi connectivity index (χ1v) is 7.76. The molecule has 0 fully saturated rings. The van der Waals surface area contributed by atoms with Crippen LogP contribution in [0, 0.1) is 0 Å². The third kappa shape index (κ3) is 2.24. The molecule has 5 nitrogen and oxygen atoms in total. The third-order valence-corrected chi connectivity index (χ3v) is 4.59. The highest BCUT2D eigenvalue weighted by atomic mass is 35.5. The molecule has 0 bridgehead atoms. The fourth-order valence-corrected chi connectivity index (χ4v) is 3.18. The van der Waals surface area contributed by atoms with Gasteiger partial charge in [0.15, 0.2) is 5.69 Å². The van der Waals surface area contributed by atoms with Crippen LogP contribution in [0.15, 0.2) is 30.6 Å². The molecule has 2 amide bonds. The SMILES string of the molecule is CC(C)[N+]1(Cc2ccc(Cl)cc2)C(=O)NC(=S)c2nc[nH]c21. The Bertz CT molecular complexity index is 740.